The second-order valence-electron chi connectivity index (χ2n) is 6.82. The fourth-order valence-electron chi connectivity index (χ4n) is 3.66. The van der Waals surface area contributed by atoms with Crippen LogP contribution in [0.2, 0.25) is 0 Å². The number of amides is 1. The Morgan fingerprint density at radius 1 is 1.07 bits per heavy atom. The number of carbonyl (C=O) groups is 2. The van der Waals surface area contributed by atoms with E-state index in [2.05, 4.69) is 9.97 Å². The first-order valence-electron chi connectivity index (χ1n) is 9.13. The lowest BCUT2D eigenvalue weighted by Gasteiger charge is -2.24. The minimum absolute atomic E-state index is 0.0150. The molecule has 1 unspecified atom stereocenters. The molecular weight excluding hydrogens is 402 g/mol. The maximum absolute atomic E-state index is 13.2. The summed E-state index contributed by atoms with van der Waals surface area (Å²) in [6.07, 6.45) is 0. The van der Waals surface area contributed by atoms with Gasteiger partial charge in [-0.05, 0) is 41.3 Å². The lowest BCUT2D eigenvalue weighted by Crippen LogP contribution is -2.31. The van der Waals surface area contributed by atoms with Gasteiger partial charge in [-0.1, -0.05) is 30.3 Å². The summed E-state index contributed by atoms with van der Waals surface area (Å²) >= 11 is 1.22. The Kier molecular flexibility index (Phi) is 4.14. The molecule has 0 spiro atoms. The molecule has 1 amide bonds. The van der Waals surface area contributed by atoms with E-state index in [1.807, 2.05) is 18.2 Å². The monoisotopic (exact) mass is 417 g/mol. The van der Waals surface area contributed by atoms with E-state index in [1.54, 1.807) is 35.7 Å². The smallest absolute Gasteiger partial charge is 0.296 e. The SMILES string of the molecule is O=C(C1=C(O)C(=O)N(c2nc3ccccc3[nH]2)C1c1cccc(O)c1)c1cccs1. The molecule has 1 atom stereocenters. The van der Waals surface area contributed by atoms with Crippen LogP contribution in [0, 0.1) is 0 Å². The van der Waals surface area contributed by atoms with Crippen molar-refractivity contribution in [2.24, 2.45) is 0 Å². The topological polar surface area (TPSA) is 107 Å². The zero-order valence-corrected chi connectivity index (χ0v) is 16.3. The fourth-order valence-corrected chi connectivity index (χ4v) is 4.34. The number of benzene rings is 2. The van der Waals surface area contributed by atoms with Crippen molar-refractivity contribution in [1.82, 2.24) is 9.97 Å². The molecule has 0 saturated heterocycles. The molecule has 30 heavy (non-hydrogen) atoms. The van der Waals surface area contributed by atoms with Gasteiger partial charge < -0.3 is 15.2 Å². The van der Waals surface area contributed by atoms with E-state index < -0.39 is 23.5 Å². The lowest BCUT2D eigenvalue weighted by atomic mass is 9.95. The molecule has 2 aromatic carbocycles. The van der Waals surface area contributed by atoms with Crippen LogP contribution in [-0.4, -0.2) is 31.9 Å². The van der Waals surface area contributed by atoms with E-state index in [-0.39, 0.29) is 17.3 Å². The largest absolute Gasteiger partial charge is 0.508 e. The normalized spacial score (nSPS) is 16.6. The standard InChI is InChI=1S/C22H15N3O4S/c26-13-6-3-5-12(11-13)18-17(19(27)16-9-4-10-30-16)20(28)21(29)25(18)22-23-14-7-1-2-8-15(14)24-22/h1-11,18,26,28H,(H,23,24). The number of phenolic OH excluding ortho intramolecular Hbond substituents is 1. The molecule has 0 bridgehead atoms. The molecule has 3 heterocycles. The summed E-state index contributed by atoms with van der Waals surface area (Å²) in [5, 5.41) is 22.5. The van der Waals surface area contributed by atoms with Gasteiger partial charge in [-0.15, -0.1) is 11.3 Å². The minimum atomic E-state index is -0.945. The Labute approximate surface area is 174 Å². The van der Waals surface area contributed by atoms with Crippen LogP contribution in [0.3, 0.4) is 0 Å². The summed E-state index contributed by atoms with van der Waals surface area (Å²) in [5.74, 6) is -1.61. The number of aromatic amines is 1. The van der Waals surface area contributed by atoms with Crippen molar-refractivity contribution in [3.8, 4) is 5.75 Å². The number of hydrogen-bond acceptors (Lipinski definition) is 6. The lowest BCUT2D eigenvalue weighted by molar-refractivity contribution is -0.117. The highest BCUT2D eigenvalue weighted by atomic mass is 32.1. The van der Waals surface area contributed by atoms with Gasteiger partial charge in [0.2, 0.25) is 11.7 Å². The van der Waals surface area contributed by atoms with Crippen LogP contribution >= 0.6 is 11.3 Å². The third kappa shape index (κ3) is 2.77. The van der Waals surface area contributed by atoms with E-state index >= 15 is 0 Å². The van der Waals surface area contributed by atoms with Gasteiger partial charge in [-0.2, -0.15) is 0 Å². The van der Waals surface area contributed by atoms with Crippen molar-refractivity contribution in [2.45, 2.75) is 6.04 Å². The Morgan fingerprint density at radius 3 is 2.63 bits per heavy atom. The molecule has 7 nitrogen and oxygen atoms in total. The Bertz CT molecular complexity index is 1290. The number of nitrogens with one attached hydrogen (secondary N) is 1. The van der Waals surface area contributed by atoms with E-state index in [0.29, 0.717) is 21.5 Å². The number of para-hydroxylation sites is 2. The molecular formula is C22H15N3O4S. The highest BCUT2D eigenvalue weighted by Crippen LogP contribution is 2.42. The highest BCUT2D eigenvalue weighted by Gasteiger charge is 2.46. The minimum Gasteiger partial charge on any atom is -0.508 e. The van der Waals surface area contributed by atoms with Crippen LogP contribution in [0.1, 0.15) is 21.3 Å². The summed E-state index contributed by atoms with van der Waals surface area (Å²) in [7, 11) is 0. The van der Waals surface area contributed by atoms with E-state index in [9.17, 15) is 19.8 Å². The first-order chi connectivity index (χ1) is 14.5. The average molecular weight is 417 g/mol. The molecule has 0 fully saturated rings. The van der Waals surface area contributed by atoms with Crippen molar-refractivity contribution in [3.05, 3.63) is 87.8 Å². The molecule has 148 valence electrons. The molecule has 1 aliphatic rings. The number of imidazole rings is 1. The van der Waals surface area contributed by atoms with Crippen LogP contribution in [0.15, 0.2) is 77.4 Å². The summed E-state index contributed by atoms with van der Waals surface area (Å²) in [5.41, 5.74) is 1.79. The summed E-state index contributed by atoms with van der Waals surface area (Å²) in [6, 6.07) is 16.0. The fraction of sp³-hybridized carbons (Fsp3) is 0.0455. The number of fused-ring (bicyclic) bond motifs is 1. The number of nitrogens with zero attached hydrogens (tertiary/aromatic N) is 2. The van der Waals surface area contributed by atoms with Crippen LogP contribution in [0.4, 0.5) is 5.95 Å². The molecule has 2 aromatic heterocycles. The third-order valence-corrected chi connectivity index (χ3v) is 5.86. The number of thiophene rings is 1. The van der Waals surface area contributed by atoms with Gasteiger partial charge in [0.1, 0.15) is 5.75 Å². The zero-order chi connectivity index (χ0) is 20.8. The van der Waals surface area contributed by atoms with Crippen LogP contribution in [0.5, 0.6) is 5.75 Å². The molecule has 0 saturated carbocycles. The van der Waals surface area contributed by atoms with Crippen LogP contribution in [-0.2, 0) is 4.79 Å². The molecule has 4 aromatic rings. The molecule has 0 radical (unpaired) electrons. The van der Waals surface area contributed by atoms with Crippen molar-refractivity contribution in [2.75, 3.05) is 4.90 Å². The predicted molar refractivity (Wildman–Crippen MR) is 113 cm³/mol. The van der Waals surface area contributed by atoms with Gasteiger partial charge in [0.25, 0.3) is 5.91 Å². The van der Waals surface area contributed by atoms with Gasteiger partial charge in [-0.25, -0.2) is 4.98 Å². The van der Waals surface area contributed by atoms with Crippen molar-refractivity contribution in [1.29, 1.82) is 0 Å². The second-order valence-corrected chi connectivity index (χ2v) is 7.77. The first kappa shape index (κ1) is 18.1. The summed E-state index contributed by atoms with van der Waals surface area (Å²) in [6.45, 7) is 0. The first-order valence-corrected chi connectivity index (χ1v) is 10.0. The number of anilines is 1. The van der Waals surface area contributed by atoms with Gasteiger partial charge in [0.05, 0.1) is 27.5 Å². The number of ketones is 1. The molecule has 1 aliphatic heterocycles. The number of rotatable bonds is 4. The van der Waals surface area contributed by atoms with Crippen LogP contribution in [0.25, 0.3) is 11.0 Å². The van der Waals surface area contributed by atoms with E-state index in [0.717, 1.165) is 0 Å². The Balaban J connectivity index is 1.70. The zero-order valence-electron chi connectivity index (χ0n) is 15.4. The van der Waals surface area contributed by atoms with E-state index in [4.69, 9.17) is 0 Å². The Morgan fingerprint density at radius 2 is 1.90 bits per heavy atom. The van der Waals surface area contributed by atoms with Gasteiger partial charge >= 0.3 is 0 Å². The van der Waals surface area contributed by atoms with Crippen molar-refractivity contribution < 1.29 is 19.8 Å². The molecule has 8 heteroatoms. The number of hydrogen-bond donors (Lipinski definition) is 3. The molecule has 3 N–H and O–H groups in total. The van der Waals surface area contributed by atoms with Crippen molar-refractivity contribution in [3.63, 3.8) is 0 Å². The molecule has 0 aliphatic carbocycles. The number of H-pyrrole nitrogens is 1. The van der Waals surface area contributed by atoms with Crippen LogP contribution < -0.4 is 4.90 Å². The summed E-state index contributed by atoms with van der Waals surface area (Å²) < 4.78 is 0. The second kappa shape index (κ2) is 6.85. The third-order valence-electron chi connectivity index (χ3n) is 4.99. The number of phenols is 1. The highest BCUT2D eigenvalue weighted by molar-refractivity contribution is 7.12. The van der Waals surface area contributed by atoms with Gasteiger partial charge in [0.15, 0.2) is 5.76 Å². The van der Waals surface area contributed by atoms with Crippen molar-refractivity contribution >= 4 is 40.0 Å². The quantitative estimate of drug-likeness (QED) is 0.433. The van der Waals surface area contributed by atoms with E-state index in [1.165, 1.54) is 28.4 Å². The number of aromatic hydroxyl groups is 1. The number of carbonyl (C=O) groups excluding carboxylic acids is 2. The number of aliphatic hydroxyl groups is 1. The van der Waals surface area contributed by atoms with Gasteiger partial charge in [-0.3, -0.25) is 14.5 Å². The number of Topliss-reactive ketones (excluding diaryl/α,β-unsaturated/α-hetero) is 1. The summed E-state index contributed by atoms with van der Waals surface area (Å²) in [4.78, 5) is 35.5. The maximum atomic E-state index is 13.2. The average Bonchev–Trinajstić information content (AvgIpc) is 3.46. The number of aromatic nitrogens is 2. The van der Waals surface area contributed by atoms with Gasteiger partial charge in [0, 0.05) is 0 Å². The Hall–Kier alpha value is -3.91. The maximum Gasteiger partial charge on any atom is 0.296 e. The molecule has 5 rings (SSSR count). The predicted octanol–water partition coefficient (Wildman–Crippen LogP) is 4.11. The number of aliphatic hydroxyl groups excluding tert-OH is 1.